The summed E-state index contributed by atoms with van der Waals surface area (Å²) in [5.41, 5.74) is 0. The molecule has 2 fully saturated rings. The highest BCUT2D eigenvalue weighted by Gasteiger charge is 2.24. The molecule has 1 aliphatic heterocycles. The van der Waals surface area contributed by atoms with Crippen molar-refractivity contribution in [3.63, 3.8) is 0 Å². The average molecular weight is 247 g/mol. The molecule has 16 heavy (non-hydrogen) atoms. The van der Waals surface area contributed by atoms with E-state index in [0.717, 1.165) is 11.8 Å². The van der Waals surface area contributed by atoms with Crippen LogP contribution in [0.1, 0.15) is 39.0 Å². The maximum absolute atomic E-state index is 3.44. The Hall–Kier alpha value is 0.210. The second kappa shape index (κ2) is 7.52. The van der Waals surface area contributed by atoms with Gasteiger partial charge in [0.25, 0.3) is 0 Å². The zero-order chi connectivity index (χ0) is 10.5. The van der Waals surface area contributed by atoms with E-state index in [1.54, 1.807) is 0 Å². The van der Waals surface area contributed by atoms with Crippen LogP contribution in [0.2, 0.25) is 0 Å². The van der Waals surface area contributed by atoms with E-state index in [9.17, 15) is 0 Å². The van der Waals surface area contributed by atoms with Crippen LogP contribution in [0.4, 0.5) is 0 Å². The molecule has 2 nitrogen and oxygen atoms in total. The normalized spacial score (nSPS) is 22.1. The fourth-order valence-electron chi connectivity index (χ4n) is 2.58. The number of hydrogen-bond acceptors (Lipinski definition) is 2. The van der Waals surface area contributed by atoms with Crippen molar-refractivity contribution in [1.29, 1.82) is 0 Å². The molecule has 0 spiro atoms. The molecule has 1 heterocycles. The lowest BCUT2D eigenvalue weighted by atomic mass is 9.94. The van der Waals surface area contributed by atoms with Gasteiger partial charge >= 0.3 is 0 Å². The predicted molar refractivity (Wildman–Crippen MR) is 72.3 cm³/mol. The first-order valence-corrected chi connectivity index (χ1v) is 6.81. The van der Waals surface area contributed by atoms with E-state index >= 15 is 0 Å². The molecule has 0 radical (unpaired) electrons. The van der Waals surface area contributed by atoms with Crippen LogP contribution in [-0.4, -0.2) is 37.6 Å². The van der Waals surface area contributed by atoms with Gasteiger partial charge in [-0.25, -0.2) is 0 Å². The number of nitrogens with one attached hydrogen (secondary N) is 1. The van der Waals surface area contributed by atoms with Crippen molar-refractivity contribution in [1.82, 2.24) is 10.2 Å². The first-order valence-electron chi connectivity index (χ1n) is 6.81. The standard InChI is InChI=1S/C13H26N2.ClH/c1-2-15(11-13-3-4-13)10-7-12-5-8-14-9-6-12;/h12-14H,2-11H2,1H3;1H. The fraction of sp³-hybridized carbons (Fsp3) is 1.00. The topological polar surface area (TPSA) is 15.3 Å². The van der Waals surface area contributed by atoms with Crippen molar-refractivity contribution in [2.45, 2.75) is 39.0 Å². The Morgan fingerprint density at radius 1 is 1.06 bits per heavy atom. The Labute approximate surface area is 107 Å². The summed E-state index contributed by atoms with van der Waals surface area (Å²) in [5.74, 6) is 2.05. The summed E-state index contributed by atoms with van der Waals surface area (Å²) in [4.78, 5) is 2.67. The van der Waals surface area contributed by atoms with Crippen LogP contribution in [0.25, 0.3) is 0 Å². The highest BCUT2D eigenvalue weighted by atomic mass is 35.5. The van der Waals surface area contributed by atoms with Crippen molar-refractivity contribution < 1.29 is 0 Å². The number of hydrogen-bond donors (Lipinski definition) is 1. The minimum absolute atomic E-state index is 0. The quantitative estimate of drug-likeness (QED) is 0.775. The minimum atomic E-state index is 0. The Bertz CT molecular complexity index is 177. The van der Waals surface area contributed by atoms with Crippen molar-refractivity contribution in [2.75, 3.05) is 32.7 Å². The second-order valence-electron chi connectivity index (χ2n) is 5.32. The Kier molecular flexibility index (Phi) is 6.71. The summed E-state index contributed by atoms with van der Waals surface area (Å²) in [5, 5.41) is 3.44. The molecule has 2 rings (SSSR count). The Morgan fingerprint density at radius 2 is 1.75 bits per heavy atom. The van der Waals surface area contributed by atoms with E-state index in [-0.39, 0.29) is 12.4 Å². The van der Waals surface area contributed by atoms with Crippen molar-refractivity contribution >= 4 is 12.4 Å². The van der Waals surface area contributed by atoms with E-state index in [2.05, 4.69) is 17.1 Å². The predicted octanol–water partition coefficient (Wildman–Crippen LogP) is 2.53. The summed E-state index contributed by atoms with van der Waals surface area (Å²) in [6.07, 6.45) is 7.22. The van der Waals surface area contributed by atoms with Crippen molar-refractivity contribution in [2.24, 2.45) is 11.8 Å². The minimum Gasteiger partial charge on any atom is -0.317 e. The molecule has 0 aromatic carbocycles. The molecule has 0 aromatic rings. The van der Waals surface area contributed by atoms with Gasteiger partial charge in [-0.1, -0.05) is 6.92 Å². The fourth-order valence-corrected chi connectivity index (χ4v) is 2.58. The lowest BCUT2D eigenvalue weighted by Crippen LogP contribution is -2.32. The summed E-state index contributed by atoms with van der Waals surface area (Å²) < 4.78 is 0. The van der Waals surface area contributed by atoms with Crippen LogP contribution in [-0.2, 0) is 0 Å². The van der Waals surface area contributed by atoms with Crippen LogP contribution in [0, 0.1) is 11.8 Å². The smallest absolute Gasteiger partial charge is 0.000954 e. The summed E-state index contributed by atoms with van der Waals surface area (Å²) in [6, 6.07) is 0. The van der Waals surface area contributed by atoms with Gasteiger partial charge in [0.1, 0.15) is 0 Å². The molecule has 0 amide bonds. The molecule has 96 valence electrons. The van der Waals surface area contributed by atoms with Crippen LogP contribution in [0.3, 0.4) is 0 Å². The van der Waals surface area contributed by atoms with Gasteiger partial charge in [0.15, 0.2) is 0 Å². The van der Waals surface area contributed by atoms with Gasteiger partial charge in [0, 0.05) is 6.54 Å². The molecule has 0 aromatic heterocycles. The van der Waals surface area contributed by atoms with E-state index < -0.39 is 0 Å². The van der Waals surface area contributed by atoms with Crippen LogP contribution in [0.15, 0.2) is 0 Å². The van der Waals surface area contributed by atoms with Gasteiger partial charge in [0.2, 0.25) is 0 Å². The van der Waals surface area contributed by atoms with E-state index in [1.807, 2.05) is 0 Å². The molecule has 1 saturated heterocycles. The summed E-state index contributed by atoms with van der Waals surface area (Å²) >= 11 is 0. The van der Waals surface area contributed by atoms with E-state index in [0.29, 0.717) is 0 Å². The first-order chi connectivity index (χ1) is 7.38. The van der Waals surface area contributed by atoms with Gasteiger partial charge in [0.05, 0.1) is 0 Å². The largest absolute Gasteiger partial charge is 0.317 e. The third kappa shape index (κ3) is 5.03. The molecular formula is C13H27ClN2. The molecule has 0 unspecified atom stereocenters. The number of halogens is 1. The molecule has 1 saturated carbocycles. The van der Waals surface area contributed by atoms with Gasteiger partial charge in [-0.2, -0.15) is 0 Å². The molecule has 3 heteroatoms. The molecule has 0 bridgehead atoms. The van der Waals surface area contributed by atoms with Crippen molar-refractivity contribution in [3.05, 3.63) is 0 Å². The molecule has 1 N–H and O–H groups in total. The second-order valence-corrected chi connectivity index (χ2v) is 5.32. The number of piperidine rings is 1. The molecular weight excluding hydrogens is 220 g/mol. The van der Waals surface area contributed by atoms with Crippen LogP contribution in [0.5, 0.6) is 0 Å². The van der Waals surface area contributed by atoms with Gasteiger partial charge < -0.3 is 10.2 Å². The van der Waals surface area contributed by atoms with E-state index in [1.165, 1.54) is 64.8 Å². The Morgan fingerprint density at radius 3 is 2.31 bits per heavy atom. The molecule has 2 aliphatic rings. The average Bonchev–Trinajstić information content (AvgIpc) is 3.09. The van der Waals surface area contributed by atoms with E-state index in [4.69, 9.17) is 0 Å². The molecule has 0 atom stereocenters. The monoisotopic (exact) mass is 246 g/mol. The van der Waals surface area contributed by atoms with Gasteiger partial charge in [-0.05, 0) is 70.1 Å². The lowest BCUT2D eigenvalue weighted by Gasteiger charge is -2.26. The van der Waals surface area contributed by atoms with Crippen LogP contribution >= 0.6 is 12.4 Å². The SMILES string of the molecule is CCN(CCC1CCNCC1)CC1CC1.Cl. The van der Waals surface area contributed by atoms with Gasteiger partial charge in [-0.3, -0.25) is 0 Å². The summed E-state index contributed by atoms with van der Waals surface area (Å²) in [7, 11) is 0. The third-order valence-electron chi connectivity index (χ3n) is 3.97. The lowest BCUT2D eigenvalue weighted by molar-refractivity contribution is 0.237. The van der Waals surface area contributed by atoms with Crippen LogP contribution < -0.4 is 5.32 Å². The molecule has 1 aliphatic carbocycles. The summed E-state index contributed by atoms with van der Waals surface area (Å²) in [6.45, 7) is 8.78. The zero-order valence-electron chi connectivity index (χ0n) is 10.6. The first kappa shape index (κ1) is 14.3. The number of nitrogens with zero attached hydrogens (tertiary/aromatic N) is 1. The highest BCUT2D eigenvalue weighted by molar-refractivity contribution is 5.85. The van der Waals surface area contributed by atoms with Gasteiger partial charge in [-0.15, -0.1) is 12.4 Å². The third-order valence-corrected chi connectivity index (χ3v) is 3.97. The highest BCUT2D eigenvalue weighted by Crippen LogP contribution is 2.30. The van der Waals surface area contributed by atoms with Crippen molar-refractivity contribution in [3.8, 4) is 0 Å². The zero-order valence-corrected chi connectivity index (χ0v) is 11.4. The Balaban J connectivity index is 0.00000128. The number of rotatable bonds is 6. The maximum Gasteiger partial charge on any atom is 0.000954 e. The maximum atomic E-state index is 3.44.